The molecule has 0 aliphatic carbocycles. The molecule has 162 valence electrons. The Morgan fingerprint density at radius 3 is 2.68 bits per heavy atom. The van der Waals surface area contributed by atoms with E-state index in [0.29, 0.717) is 31.3 Å². The van der Waals surface area contributed by atoms with Crippen molar-refractivity contribution in [3.8, 4) is 22.8 Å². The van der Waals surface area contributed by atoms with Gasteiger partial charge in [0.1, 0.15) is 6.61 Å². The van der Waals surface area contributed by atoms with Crippen LogP contribution in [0.1, 0.15) is 11.5 Å². The minimum Gasteiger partial charge on any atom is -0.482 e. The van der Waals surface area contributed by atoms with E-state index in [1.165, 1.54) is 5.69 Å². The third-order valence-electron chi connectivity index (χ3n) is 5.78. The van der Waals surface area contributed by atoms with Gasteiger partial charge in [0, 0.05) is 62.8 Å². The number of nitrogens with one attached hydrogen (secondary N) is 1. The number of anilines is 1. The highest BCUT2D eigenvalue weighted by Crippen LogP contribution is 2.31. The summed E-state index contributed by atoms with van der Waals surface area (Å²) in [7, 11) is 2.17. The third kappa shape index (κ3) is 4.12. The fraction of sp³-hybridized carbons (Fsp3) is 0.409. The van der Waals surface area contributed by atoms with Crippen LogP contribution in [0.2, 0.25) is 0 Å². The topological polar surface area (TPSA) is 91.6 Å². The van der Waals surface area contributed by atoms with Gasteiger partial charge in [-0.3, -0.25) is 4.57 Å². The lowest BCUT2D eigenvalue weighted by atomic mass is 10.1. The number of rotatable bonds is 6. The zero-order chi connectivity index (χ0) is 21.2. The fourth-order valence-electron chi connectivity index (χ4n) is 3.97. The van der Waals surface area contributed by atoms with Crippen LogP contribution in [0.25, 0.3) is 17.1 Å². The van der Waals surface area contributed by atoms with E-state index in [2.05, 4.69) is 61.6 Å². The number of likely N-dealkylation sites (N-methyl/N-ethyl adjacent to an activating group) is 1. The summed E-state index contributed by atoms with van der Waals surface area (Å²) in [4.78, 5) is 9.35. The third-order valence-corrected chi connectivity index (χ3v) is 5.78. The van der Waals surface area contributed by atoms with E-state index in [4.69, 9.17) is 9.84 Å². The smallest absolute Gasteiger partial charge is 0.203 e. The molecule has 0 saturated carbocycles. The second kappa shape index (κ2) is 8.62. The van der Waals surface area contributed by atoms with Crippen LogP contribution in [0.4, 0.5) is 5.69 Å². The fourth-order valence-corrected chi connectivity index (χ4v) is 3.97. The van der Waals surface area contributed by atoms with Crippen molar-refractivity contribution in [1.82, 2.24) is 30.0 Å². The number of nitrogens with zero attached hydrogens (tertiary/aromatic N) is 6. The molecule has 3 aromatic rings. The molecular formula is C22H27N7O2. The molecule has 0 amide bonds. The predicted octanol–water partition coefficient (Wildman–Crippen LogP) is 1.06. The molecule has 2 aliphatic rings. The first-order chi connectivity index (χ1) is 15.2. The lowest BCUT2D eigenvalue weighted by Crippen LogP contribution is -2.44. The zero-order valence-corrected chi connectivity index (χ0v) is 17.7. The van der Waals surface area contributed by atoms with E-state index >= 15 is 0 Å². The Kier molecular flexibility index (Phi) is 5.54. The summed E-state index contributed by atoms with van der Waals surface area (Å²) in [5.41, 5.74) is 3.92. The van der Waals surface area contributed by atoms with Crippen LogP contribution in [-0.4, -0.2) is 76.1 Å². The molecule has 4 heterocycles. The van der Waals surface area contributed by atoms with Crippen molar-refractivity contribution in [2.75, 3.05) is 51.3 Å². The molecule has 0 atom stereocenters. The van der Waals surface area contributed by atoms with Gasteiger partial charge in [-0.05, 0) is 19.2 Å². The van der Waals surface area contributed by atoms with Crippen molar-refractivity contribution >= 4 is 5.69 Å². The van der Waals surface area contributed by atoms with Gasteiger partial charge in [-0.25, -0.2) is 4.98 Å². The first-order valence-electron chi connectivity index (χ1n) is 10.6. The highest BCUT2D eigenvalue weighted by atomic mass is 16.5. The molecule has 0 bridgehead atoms. The van der Waals surface area contributed by atoms with Gasteiger partial charge >= 0.3 is 0 Å². The average molecular weight is 422 g/mol. The second-order valence-electron chi connectivity index (χ2n) is 7.96. The quantitative estimate of drug-likeness (QED) is 0.571. The summed E-state index contributed by atoms with van der Waals surface area (Å²) >= 11 is 0. The Bertz CT molecular complexity index is 1040. The first kappa shape index (κ1) is 19.9. The number of hydrogen-bond acceptors (Lipinski definition) is 8. The van der Waals surface area contributed by atoms with Crippen molar-refractivity contribution in [2.24, 2.45) is 0 Å². The molecule has 5 rings (SSSR count). The van der Waals surface area contributed by atoms with E-state index in [1.807, 2.05) is 16.8 Å². The summed E-state index contributed by atoms with van der Waals surface area (Å²) in [6, 6.07) is 10.4. The van der Waals surface area contributed by atoms with Gasteiger partial charge in [0.25, 0.3) is 0 Å². The SMILES string of the molecule is CN1CCN(c2ccc(-c3cc4c(nn3)-n3cc(CNCCO)nc3CO4)cc2)CC1. The number of ether oxygens (including phenoxy) is 1. The molecule has 9 nitrogen and oxygen atoms in total. The highest BCUT2D eigenvalue weighted by molar-refractivity contribution is 5.65. The Hall–Kier alpha value is -3.01. The molecule has 2 aliphatic heterocycles. The minimum absolute atomic E-state index is 0.101. The Balaban J connectivity index is 1.34. The number of fused-ring (bicyclic) bond motifs is 3. The summed E-state index contributed by atoms with van der Waals surface area (Å²) in [6.45, 7) is 5.88. The van der Waals surface area contributed by atoms with Crippen LogP contribution in [-0.2, 0) is 13.2 Å². The summed E-state index contributed by atoms with van der Waals surface area (Å²) in [5, 5.41) is 20.9. The van der Waals surface area contributed by atoms with Crippen LogP contribution in [0.3, 0.4) is 0 Å². The molecule has 1 aromatic carbocycles. The first-order valence-corrected chi connectivity index (χ1v) is 10.6. The summed E-state index contributed by atoms with van der Waals surface area (Å²) < 4.78 is 7.85. The normalized spacial score (nSPS) is 16.0. The standard InChI is InChI=1S/C22H27N7O2/c1-27-7-9-28(10-8-27)18-4-2-16(3-5-18)19-12-20-22(26-25-19)29-14-17(13-23-6-11-30)24-21(29)15-31-20/h2-5,12,14,23,30H,6-11,13,15H2,1H3. The van der Waals surface area contributed by atoms with Gasteiger partial charge < -0.3 is 25.0 Å². The van der Waals surface area contributed by atoms with Gasteiger partial charge in [-0.15, -0.1) is 10.2 Å². The minimum atomic E-state index is 0.101. The van der Waals surface area contributed by atoms with Gasteiger partial charge in [0.05, 0.1) is 18.0 Å². The molecule has 1 fully saturated rings. The van der Waals surface area contributed by atoms with Gasteiger partial charge in [-0.1, -0.05) is 12.1 Å². The molecule has 0 radical (unpaired) electrons. The Labute approximate surface area is 181 Å². The van der Waals surface area contributed by atoms with Crippen LogP contribution in [0, 0.1) is 0 Å². The van der Waals surface area contributed by atoms with Crippen LogP contribution in [0.15, 0.2) is 36.5 Å². The van der Waals surface area contributed by atoms with Crippen molar-refractivity contribution in [2.45, 2.75) is 13.2 Å². The zero-order valence-electron chi connectivity index (χ0n) is 17.7. The summed E-state index contributed by atoms with van der Waals surface area (Å²) in [6.07, 6.45) is 1.94. The maximum atomic E-state index is 8.92. The molecule has 2 aromatic heterocycles. The van der Waals surface area contributed by atoms with Crippen LogP contribution < -0.4 is 15.0 Å². The maximum absolute atomic E-state index is 8.92. The van der Waals surface area contributed by atoms with Crippen molar-refractivity contribution in [1.29, 1.82) is 0 Å². The largest absolute Gasteiger partial charge is 0.482 e. The van der Waals surface area contributed by atoms with Gasteiger partial charge in [0.15, 0.2) is 11.6 Å². The number of piperazine rings is 1. The number of aliphatic hydroxyl groups excluding tert-OH is 1. The van der Waals surface area contributed by atoms with Gasteiger partial charge in [-0.2, -0.15) is 0 Å². The van der Waals surface area contributed by atoms with E-state index in [1.54, 1.807) is 0 Å². The van der Waals surface area contributed by atoms with E-state index in [0.717, 1.165) is 49.0 Å². The molecule has 31 heavy (non-hydrogen) atoms. The molecular weight excluding hydrogens is 394 g/mol. The number of aliphatic hydroxyl groups is 1. The Morgan fingerprint density at radius 1 is 1.10 bits per heavy atom. The Morgan fingerprint density at radius 2 is 1.90 bits per heavy atom. The van der Waals surface area contributed by atoms with E-state index in [-0.39, 0.29) is 6.61 Å². The monoisotopic (exact) mass is 421 g/mol. The van der Waals surface area contributed by atoms with Crippen LogP contribution in [0.5, 0.6) is 5.75 Å². The molecule has 1 saturated heterocycles. The lowest BCUT2D eigenvalue weighted by molar-refractivity contribution is 0.276. The number of benzene rings is 1. The average Bonchev–Trinajstić information content (AvgIpc) is 3.23. The van der Waals surface area contributed by atoms with Crippen molar-refractivity contribution < 1.29 is 9.84 Å². The number of imidazole rings is 1. The second-order valence-corrected chi connectivity index (χ2v) is 7.96. The highest BCUT2D eigenvalue weighted by Gasteiger charge is 2.22. The summed E-state index contributed by atoms with van der Waals surface area (Å²) in [5.74, 6) is 2.15. The molecule has 0 unspecified atom stereocenters. The molecule has 2 N–H and O–H groups in total. The predicted molar refractivity (Wildman–Crippen MR) is 117 cm³/mol. The van der Waals surface area contributed by atoms with Gasteiger partial charge in [0.2, 0.25) is 5.82 Å². The maximum Gasteiger partial charge on any atom is 0.203 e. The van der Waals surface area contributed by atoms with Crippen molar-refractivity contribution in [3.63, 3.8) is 0 Å². The molecule has 9 heteroatoms. The van der Waals surface area contributed by atoms with E-state index < -0.39 is 0 Å². The number of aromatic nitrogens is 4. The van der Waals surface area contributed by atoms with E-state index in [9.17, 15) is 0 Å². The van der Waals surface area contributed by atoms with Crippen LogP contribution >= 0.6 is 0 Å². The number of hydrogen-bond donors (Lipinski definition) is 2. The van der Waals surface area contributed by atoms with Crippen molar-refractivity contribution in [3.05, 3.63) is 48.0 Å². The molecule has 0 spiro atoms. The lowest BCUT2D eigenvalue weighted by Gasteiger charge is -2.34.